The topological polar surface area (TPSA) is 72.2 Å². The molecule has 0 aliphatic rings. The minimum Gasteiger partial charge on any atom is -0.396 e. The minimum absolute atomic E-state index is 0.0329. The second-order valence-electron chi connectivity index (χ2n) is 4.72. The Kier molecular flexibility index (Phi) is 5.15. The van der Waals surface area contributed by atoms with Gasteiger partial charge in [-0.2, -0.15) is 0 Å². The van der Waals surface area contributed by atoms with E-state index >= 15 is 0 Å². The molecule has 0 heterocycles. The van der Waals surface area contributed by atoms with E-state index in [0.717, 1.165) is 11.6 Å². The first-order valence-corrected chi connectivity index (χ1v) is 8.42. The number of halogens is 2. The van der Waals surface area contributed by atoms with Crippen molar-refractivity contribution in [2.75, 3.05) is 17.3 Å². The predicted molar refractivity (Wildman–Crippen MR) is 88.0 cm³/mol. The lowest BCUT2D eigenvalue weighted by atomic mass is 10.1. The molecule has 116 valence electrons. The van der Waals surface area contributed by atoms with E-state index in [4.69, 9.17) is 17.3 Å². The summed E-state index contributed by atoms with van der Waals surface area (Å²) >= 11 is 5.74. The summed E-state index contributed by atoms with van der Waals surface area (Å²) < 4.78 is 24.8. The predicted octanol–water partition coefficient (Wildman–Crippen LogP) is 3.19. The van der Waals surface area contributed by atoms with Crippen molar-refractivity contribution in [3.8, 4) is 0 Å². The number of anilines is 2. The van der Waals surface area contributed by atoms with E-state index in [2.05, 4.69) is 5.32 Å². The maximum Gasteiger partial charge on any atom is 0.257 e. The summed E-state index contributed by atoms with van der Waals surface area (Å²) in [5.74, 6) is -0.918. The quantitative estimate of drug-likeness (QED) is 0.839. The van der Waals surface area contributed by atoms with Crippen molar-refractivity contribution in [1.82, 2.24) is 0 Å². The van der Waals surface area contributed by atoms with Gasteiger partial charge in [-0.25, -0.2) is 4.39 Å². The molecular weight excluding hydrogens is 327 g/mol. The summed E-state index contributed by atoms with van der Waals surface area (Å²) in [4.78, 5) is 12.2. The molecule has 0 saturated heterocycles. The molecule has 0 aliphatic heterocycles. The molecular formula is C15H14ClFN2O2S. The molecule has 0 aliphatic carbocycles. The third-order valence-electron chi connectivity index (χ3n) is 2.89. The normalized spacial score (nSPS) is 12.0. The van der Waals surface area contributed by atoms with Crippen molar-refractivity contribution in [2.24, 2.45) is 0 Å². The standard InChI is InChI=1S/C15H14ClFN2O2S/c1-22(21)8-9-3-2-4-11(5-9)19-15(20)12-6-10(16)7-13(17)14(12)18/h2-7H,8,18H2,1H3,(H,19,20)/t22-/m1/s1. The van der Waals surface area contributed by atoms with E-state index in [9.17, 15) is 13.4 Å². The van der Waals surface area contributed by atoms with Crippen molar-refractivity contribution in [3.05, 3.63) is 58.4 Å². The van der Waals surface area contributed by atoms with Gasteiger partial charge in [-0.3, -0.25) is 9.00 Å². The number of nitrogens with one attached hydrogen (secondary N) is 1. The number of nitrogen functional groups attached to an aromatic ring is 1. The Balaban J connectivity index is 2.24. The van der Waals surface area contributed by atoms with E-state index in [-0.39, 0.29) is 16.3 Å². The van der Waals surface area contributed by atoms with E-state index in [1.54, 1.807) is 24.5 Å². The molecule has 1 amide bonds. The molecule has 1 atom stereocenters. The fourth-order valence-corrected chi connectivity index (χ4v) is 2.80. The van der Waals surface area contributed by atoms with Crippen LogP contribution in [0.2, 0.25) is 5.02 Å². The van der Waals surface area contributed by atoms with Gasteiger partial charge in [0.15, 0.2) is 0 Å². The minimum atomic E-state index is -0.983. The lowest BCUT2D eigenvalue weighted by Gasteiger charge is -2.10. The fourth-order valence-electron chi connectivity index (χ4n) is 1.94. The fraction of sp³-hybridized carbons (Fsp3) is 0.133. The number of benzene rings is 2. The third kappa shape index (κ3) is 4.05. The van der Waals surface area contributed by atoms with Gasteiger partial charge in [-0.05, 0) is 29.8 Å². The SMILES string of the molecule is C[S@@](=O)Cc1cccc(NC(=O)c2cc(Cl)cc(F)c2N)c1. The van der Waals surface area contributed by atoms with Gasteiger partial charge in [-0.1, -0.05) is 23.7 Å². The molecule has 3 N–H and O–H groups in total. The summed E-state index contributed by atoms with van der Waals surface area (Å²) in [6, 6.07) is 9.28. The van der Waals surface area contributed by atoms with Crippen LogP contribution in [0, 0.1) is 5.82 Å². The smallest absolute Gasteiger partial charge is 0.257 e. The Bertz CT molecular complexity index is 752. The number of hydrogen-bond donors (Lipinski definition) is 2. The van der Waals surface area contributed by atoms with Crippen LogP contribution in [-0.2, 0) is 16.6 Å². The molecule has 4 nitrogen and oxygen atoms in total. The lowest BCUT2D eigenvalue weighted by molar-refractivity contribution is 0.102. The first-order chi connectivity index (χ1) is 10.4. The van der Waals surface area contributed by atoms with Gasteiger partial charge in [0, 0.05) is 33.5 Å². The largest absolute Gasteiger partial charge is 0.396 e. The van der Waals surface area contributed by atoms with Crippen LogP contribution in [0.25, 0.3) is 0 Å². The Labute approximate surface area is 134 Å². The molecule has 0 unspecified atom stereocenters. The molecule has 0 fully saturated rings. The van der Waals surface area contributed by atoms with Crippen LogP contribution in [-0.4, -0.2) is 16.4 Å². The van der Waals surface area contributed by atoms with E-state index in [1.807, 2.05) is 6.07 Å². The highest BCUT2D eigenvalue weighted by atomic mass is 35.5. The average Bonchev–Trinajstić information content (AvgIpc) is 2.42. The Morgan fingerprint density at radius 1 is 1.36 bits per heavy atom. The van der Waals surface area contributed by atoms with E-state index < -0.39 is 22.5 Å². The van der Waals surface area contributed by atoms with Crippen molar-refractivity contribution in [2.45, 2.75) is 5.75 Å². The number of hydrogen-bond acceptors (Lipinski definition) is 3. The molecule has 7 heteroatoms. The average molecular weight is 341 g/mol. The molecule has 0 bridgehead atoms. The maximum absolute atomic E-state index is 13.5. The summed E-state index contributed by atoms with van der Waals surface area (Å²) in [6.07, 6.45) is 1.60. The van der Waals surface area contributed by atoms with Crippen LogP contribution >= 0.6 is 11.6 Å². The lowest BCUT2D eigenvalue weighted by Crippen LogP contribution is -2.15. The van der Waals surface area contributed by atoms with Crippen molar-refractivity contribution in [1.29, 1.82) is 0 Å². The molecule has 2 aromatic carbocycles. The molecule has 0 saturated carbocycles. The molecule has 0 aromatic heterocycles. The molecule has 22 heavy (non-hydrogen) atoms. The van der Waals surface area contributed by atoms with Crippen LogP contribution in [0.5, 0.6) is 0 Å². The zero-order valence-electron chi connectivity index (χ0n) is 11.7. The van der Waals surface area contributed by atoms with Crippen LogP contribution in [0.15, 0.2) is 36.4 Å². The second-order valence-corrected chi connectivity index (χ2v) is 6.59. The van der Waals surface area contributed by atoms with Gasteiger partial charge in [0.05, 0.1) is 11.3 Å². The number of nitrogens with two attached hydrogens (primary N) is 1. The van der Waals surface area contributed by atoms with Crippen LogP contribution in [0.3, 0.4) is 0 Å². The van der Waals surface area contributed by atoms with Gasteiger partial charge >= 0.3 is 0 Å². The Hall–Kier alpha value is -1.92. The summed E-state index contributed by atoms with van der Waals surface area (Å²) in [5.41, 5.74) is 6.61. The van der Waals surface area contributed by atoms with Gasteiger partial charge in [-0.15, -0.1) is 0 Å². The van der Waals surface area contributed by atoms with Gasteiger partial charge in [0.1, 0.15) is 5.82 Å². The zero-order chi connectivity index (χ0) is 16.3. The number of rotatable bonds is 4. The Morgan fingerprint density at radius 2 is 2.09 bits per heavy atom. The van der Waals surface area contributed by atoms with E-state index in [1.165, 1.54) is 6.07 Å². The zero-order valence-corrected chi connectivity index (χ0v) is 13.3. The van der Waals surface area contributed by atoms with Crippen LogP contribution in [0.1, 0.15) is 15.9 Å². The van der Waals surface area contributed by atoms with Crippen molar-refractivity contribution < 1.29 is 13.4 Å². The van der Waals surface area contributed by atoms with E-state index in [0.29, 0.717) is 11.4 Å². The van der Waals surface area contributed by atoms with Gasteiger partial charge in [0.2, 0.25) is 0 Å². The third-order valence-corrected chi connectivity index (χ3v) is 3.85. The summed E-state index contributed by atoms with van der Waals surface area (Å²) in [5, 5.41) is 2.71. The monoisotopic (exact) mass is 340 g/mol. The highest BCUT2D eigenvalue weighted by Crippen LogP contribution is 2.23. The second kappa shape index (κ2) is 6.89. The molecule has 2 aromatic rings. The molecule has 2 rings (SSSR count). The number of carbonyl (C=O) groups excluding carboxylic acids is 1. The van der Waals surface area contributed by atoms with Crippen LogP contribution in [0.4, 0.5) is 15.8 Å². The number of amides is 1. The molecule has 0 radical (unpaired) electrons. The van der Waals surface area contributed by atoms with Crippen LogP contribution < -0.4 is 11.1 Å². The van der Waals surface area contributed by atoms with Gasteiger partial charge in [0.25, 0.3) is 5.91 Å². The summed E-state index contributed by atoms with van der Waals surface area (Å²) in [7, 11) is -0.983. The number of carbonyl (C=O) groups is 1. The van der Waals surface area contributed by atoms with Crippen molar-refractivity contribution >= 4 is 39.7 Å². The first-order valence-electron chi connectivity index (χ1n) is 6.31. The molecule has 0 spiro atoms. The highest BCUT2D eigenvalue weighted by molar-refractivity contribution is 7.83. The Morgan fingerprint density at radius 3 is 2.77 bits per heavy atom. The highest BCUT2D eigenvalue weighted by Gasteiger charge is 2.15. The van der Waals surface area contributed by atoms with Gasteiger partial charge < -0.3 is 11.1 Å². The summed E-state index contributed by atoms with van der Waals surface area (Å²) in [6.45, 7) is 0. The van der Waals surface area contributed by atoms with Crippen molar-refractivity contribution in [3.63, 3.8) is 0 Å². The maximum atomic E-state index is 13.5. The first kappa shape index (κ1) is 16.5.